The molecule has 2 aromatic carbocycles. The Kier molecular flexibility index (Phi) is 6.14. The second-order valence-electron chi connectivity index (χ2n) is 6.36. The Labute approximate surface area is 161 Å². The van der Waals surface area contributed by atoms with Gasteiger partial charge in [-0.3, -0.25) is 9.59 Å². The second kappa shape index (κ2) is 8.73. The molecule has 0 fully saturated rings. The van der Waals surface area contributed by atoms with Crippen LogP contribution < -0.4 is 5.32 Å². The van der Waals surface area contributed by atoms with Gasteiger partial charge in [0, 0.05) is 23.3 Å². The summed E-state index contributed by atoms with van der Waals surface area (Å²) in [6, 6.07) is 16.9. The molecule has 138 valence electrons. The largest absolute Gasteiger partial charge is 0.344 e. The molecule has 0 aliphatic rings. The highest BCUT2D eigenvalue weighted by molar-refractivity contribution is 7.10. The zero-order chi connectivity index (χ0) is 19.2. The van der Waals surface area contributed by atoms with Crippen LogP contribution in [-0.2, 0) is 4.79 Å². The van der Waals surface area contributed by atoms with Crippen LogP contribution >= 0.6 is 11.3 Å². The fourth-order valence-electron chi connectivity index (χ4n) is 2.77. The van der Waals surface area contributed by atoms with Gasteiger partial charge in [0.25, 0.3) is 0 Å². The molecule has 0 saturated heterocycles. The lowest BCUT2D eigenvalue weighted by molar-refractivity contribution is -0.121. The second-order valence-corrected chi connectivity index (χ2v) is 7.34. The van der Waals surface area contributed by atoms with E-state index in [1.54, 1.807) is 24.3 Å². The van der Waals surface area contributed by atoms with Crippen molar-refractivity contribution in [2.45, 2.75) is 25.8 Å². The average molecular weight is 381 g/mol. The number of benzene rings is 2. The monoisotopic (exact) mass is 381 g/mol. The summed E-state index contributed by atoms with van der Waals surface area (Å²) in [6.45, 7) is 1.96. The molecule has 3 nitrogen and oxygen atoms in total. The molecule has 0 aliphatic heterocycles. The third-order valence-corrected chi connectivity index (χ3v) is 5.23. The lowest BCUT2D eigenvalue weighted by atomic mass is 10.0. The molecule has 27 heavy (non-hydrogen) atoms. The molecule has 0 unspecified atom stereocenters. The number of aryl methyl sites for hydroxylation is 1. The Bertz CT molecular complexity index is 903. The van der Waals surface area contributed by atoms with E-state index in [2.05, 4.69) is 5.32 Å². The van der Waals surface area contributed by atoms with Crippen molar-refractivity contribution in [1.29, 1.82) is 0 Å². The minimum atomic E-state index is -0.354. The van der Waals surface area contributed by atoms with Gasteiger partial charge in [-0.05, 0) is 36.1 Å². The highest BCUT2D eigenvalue weighted by Gasteiger charge is 2.19. The van der Waals surface area contributed by atoms with Crippen molar-refractivity contribution in [3.63, 3.8) is 0 Å². The summed E-state index contributed by atoms with van der Waals surface area (Å²) in [5, 5.41) is 4.90. The van der Waals surface area contributed by atoms with Gasteiger partial charge >= 0.3 is 0 Å². The predicted octanol–water partition coefficient (Wildman–Crippen LogP) is 5.06. The number of hydrogen-bond donors (Lipinski definition) is 1. The fraction of sp³-hybridized carbons (Fsp3) is 0.182. The van der Waals surface area contributed by atoms with Crippen molar-refractivity contribution in [3.05, 3.63) is 93.4 Å². The van der Waals surface area contributed by atoms with Crippen molar-refractivity contribution < 1.29 is 14.0 Å². The number of nitrogens with one attached hydrogen (secondary N) is 1. The summed E-state index contributed by atoms with van der Waals surface area (Å²) in [5.74, 6) is -0.587. The summed E-state index contributed by atoms with van der Waals surface area (Å²) in [7, 11) is 0. The van der Waals surface area contributed by atoms with Crippen LogP contribution in [0.3, 0.4) is 0 Å². The maximum atomic E-state index is 13.2. The molecule has 0 spiro atoms. The van der Waals surface area contributed by atoms with Crippen LogP contribution in [0.2, 0.25) is 0 Å². The Balaban J connectivity index is 1.65. The first-order chi connectivity index (χ1) is 13.0. The molecule has 5 heteroatoms. The molecule has 0 bridgehead atoms. The predicted molar refractivity (Wildman–Crippen MR) is 105 cm³/mol. The van der Waals surface area contributed by atoms with Gasteiger partial charge in [0.15, 0.2) is 5.78 Å². The lowest BCUT2D eigenvalue weighted by Gasteiger charge is -2.18. The highest BCUT2D eigenvalue weighted by atomic mass is 32.1. The molecule has 0 radical (unpaired) electrons. The van der Waals surface area contributed by atoms with Gasteiger partial charge in [0.05, 0.1) is 6.04 Å². The maximum absolute atomic E-state index is 13.2. The van der Waals surface area contributed by atoms with E-state index >= 15 is 0 Å². The van der Waals surface area contributed by atoms with E-state index in [4.69, 9.17) is 0 Å². The van der Waals surface area contributed by atoms with E-state index in [-0.39, 0.29) is 36.4 Å². The van der Waals surface area contributed by atoms with Crippen LogP contribution in [0.15, 0.2) is 66.0 Å². The average Bonchev–Trinajstić information content (AvgIpc) is 3.20. The summed E-state index contributed by atoms with van der Waals surface area (Å²) in [4.78, 5) is 25.7. The van der Waals surface area contributed by atoms with Crippen LogP contribution in [0.25, 0.3) is 0 Å². The molecule has 1 amide bonds. The van der Waals surface area contributed by atoms with Gasteiger partial charge in [-0.15, -0.1) is 11.3 Å². The van der Waals surface area contributed by atoms with Crippen molar-refractivity contribution in [2.24, 2.45) is 0 Å². The van der Waals surface area contributed by atoms with Gasteiger partial charge in [0.2, 0.25) is 5.91 Å². The lowest BCUT2D eigenvalue weighted by Crippen LogP contribution is -2.29. The first-order valence-electron chi connectivity index (χ1n) is 8.71. The van der Waals surface area contributed by atoms with E-state index < -0.39 is 0 Å². The van der Waals surface area contributed by atoms with Gasteiger partial charge in [-0.2, -0.15) is 0 Å². The summed E-state index contributed by atoms with van der Waals surface area (Å²) >= 11 is 1.52. The van der Waals surface area contributed by atoms with Gasteiger partial charge in [-0.25, -0.2) is 4.39 Å². The molecule has 1 aromatic heterocycles. The number of thiophene rings is 1. The SMILES string of the molecule is Cc1ccc(C(=O)CCC(=O)N[C@@H](c2ccc(F)cc2)c2cccs2)cc1. The molecule has 1 N–H and O–H groups in total. The Hall–Kier alpha value is -2.79. The van der Waals surface area contributed by atoms with E-state index in [0.29, 0.717) is 5.56 Å². The number of carbonyl (C=O) groups excluding carboxylic acids is 2. The first kappa shape index (κ1) is 19.0. The minimum Gasteiger partial charge on any atom is -0.344 e. The smallest absolute Gasteiger partial charge is 0.221 e. The van der Waals surface area contributed by atoms with Crippen LogP contribution in [0.1, 0.15) is 45.2 Å². The highest BCUT2D eigenvalue weighted by Crippen LogP contribution is 2.26. The number of carbonyl (C=O) groups is 2. The van der Waals surface area contributed by atoms with Gasteiger partial charge in [-0.1, -0.05) is 48.0 Å². The molecule has 1 atom stereocenters. The van der Waals surface area contributed by atoms with Gasteiger partial charge < -0.3 is 5.32 Å². The van der Waals surface area contributed by atoms with E-state index in [1.807, 2.05) is 36.6 Å². The molecule has 1 heterocycles. The number of ketones is 1. The molecule has 0 saturated carbocycles. The third-order valence-electron chi connectivity index (χ3n) is 4.29. The van der Waals surface area contributed by atoms with Crippen LogP contribution in [-0.4, -0.2) is 11.7 Å². The summed E-state index contributed by atoms with van der Waals surface area (Å²) in [5.41, 5.74) is 2.50. The van der Waals surface area contributed by atoms with Crippen LogP contribution in [0.5, 0.6) is 0 Å². The Morgan fingerprint density at radius 3 is 2.33 bits per heavy atom. The zero-order valence-corrected chi connectivity index (χ0v) is 15.8. The normalized spacial score (nSPS) is 11.8. The summed E-state index contributed by atoms with van der Waals surface area (Å²) < 4.78 is 13.2. The van der Waals surface area contributed by atoms with Crippen molar-refractivity contribution in [3.8, 4) is 0 Å². The fourth-order valence-corrected chi connectivity index (χ4v) is 3.58. The molecule has 3 aromatic rings. The van der Waals surface area contributed by atoms with E-state index in [9.17, 15) is 14.0 Å². The van der Waals surface area contributed by atoms with Crippen LogP contribution in [0.4, 0.5) is 4.39 Å². The number of rotatable bonds is 7. The topological polar surface area (TPSA) is 46.2 Å². The van der Waals surface area contributed by atoms with Crippen LogP contribution in [0, 0.1) is 12.7 Å². The van der Waals surface area contributed by atoms with Gasteiger partial charge in [0.1, 0.15) is 5.82 Å². The quantitative estimate of drug-likeness (QED) is 0.581. The molecular formula is C22H20FNO2S. The minimum absolute atomic E-state index is 0.0559. The third kappa shape index (κ3) is 5.11. The molecular weight excluding hydrogens is 361 g/mol. The number of hydrogen-bond acceptors (Lipinski definition) is 3. The number of Topliss-reactive ketones (excluding diaryl/α,β-unsaturated/α-hetero) is 1. The Morgan fingerprint density at radius 1 is 1.00 bits per heavy atom. The first-order valence-corrected chi connectivity index (χ1v) is 9.59. The number of halogens is 1. The maximum Gasteiger partial charge on any atom is 0.221 e. The number of amides is 1. The summed E-state index contributed by atoms with van der Waals surface area (Å²) in [6.07, 6.45) is 0.255. The van der Waals surface area contributed by atoms with Crippen molar-refractivity contribution in [1.82, 2.24) is 5.32 Å². The van der Waals surface area contributed by atoms with E-state index in [0.717, 1.165) is 16.0 Å². The van der Waals surface area contributed by atoms with Crippen molar-refractivity contribution in [2.75, 3.05) is 0 Å². The van der Waals surface area contributed by atoms with E-state index in [1.165, 1.54) is 23.5 Å². The van der Waals surface area contributed by atoms with Crippen molar-refractivity contribution >= 4 is 23.0 Å². The standard InChI is InChI=1S/C22H20FNO2S/c1-15-4-6-16(7-5-15)19(25)12-13-21(26)24-22(20-3-2-14-27-20)17-8-10-18(23)11-9-17/h2-11,14,22H,12-13H2,1H3,(H,24,26)/t22-/m0/s1. The molecule has 3 rings (SSSR count). The zero-order valence-electron chi connectivity index (χ0n) is 14.9. The molecule has 0 aliphatic carbocycles. The Morgan fingerprint density at radius 2 is 1.70 bits per heavy atom.